The number of aromatic nitrogens is 1. The minimum atomic E-state index is -0.196. The van der Waals surface area contributed by atoms with Crippen LogP contribution in [-0.4, -0.2) is 25.1 Å². The Morgan fingerprint density at radius 1 is 1.12 bits per heavy atom. The van der Waals surface area contributed by atoms with E-state index in [1.165, 1.54) is 0 Å². The number of ether oxygens (including phenoxy) is 2. The summed E-state index contributed by atoms with van der Waals surface area (Å²) in [5.41, 5.74) is 2.23. The van der Waals surface area contributed by atoms with E-state index in [-0.39, 0.29) is 5.91 Å². The quantitative estimate of drug-likeness (QED) is 0.705. The summed E-state index contributed by atoms with van der Waals surface area (Å²) in [6, 6.07) is 10.9. The number of amides is 1. The molecule has 0 spiro atoms. The molecule has 0 atom stereocenters. The Kier molecular flexibility index (Phi) is 5.19. The molecular formula is C19H20N2O3S. The fourth-order valence-electron chi connectivity index (χ4n) is 2.55. The second-order valence-electron chi connectivity index (χ2n) is 5.56. The van der Waals surface area contributed by atoms with Crippen molar-refractivity contribution >= 4 is 33.1 Å². The number of benzene rings is 2. The van der Waals surface area contributed by atoms with E-state index in [1.807, 2.05) is 18.2 Å². The third-order valence-corrected chi connectivity index (χ3v) is 4.88. The second kappa shape index (κ2) is 7.53. The van der Waals surface area contributed by atoms with E-state index >= 15 is 0 Å². The van der Waals surface area contributed by atoms with Crippen LogP contribution in [0, 0.1) is 0 Å². The lowest BCUT2D eigenvalue weighted by molar-refractivity contribution is 0.102. The Balaban J connectivity index is 1.81. The number of methoxy groups -OCH3 is 2. The molecule has 6 heteroatoms. The maximum Gasteiger partial charge on any atom is 0.255 e. The van der Waals surface area contributed by atoms with Crippen LogP contribution in [0.3, 0.4) is 0 Å². The standard InChI is InChI=1S/C19H20N2O3S/c1-4-5-18-21-14-8-7-13(11-17(14)25-18)20-19(22)12-6-9-15(23-2)16(10-12)24-3/h6-11H,4-5H2,1-3H3,(H,20,22). The zero-order chi connectivity index (χ0) is 17.8. The lowest BCUT2D eigenvalue weighted by Crippen LogP contribution is -2.12. The zero-order valence-electron chi connectivity index (χ0n) is 14.5. The van der Waals surface area contributed by atoms with Crippen LogP contribution in [0.4, 0.5) is 5.69 Å². The van der Waals surface area contributed by atoms with Gasteiger partial charge >= 0.3 is 0 Å². The molecule has 1 amide bonds. The predicted octanol–water partition coefficient (Wildman–Crippen LogP) is 4.52. The maximum atomic E-state index is 12.5. The van der Waals surface area contributed by atoms with Crippen LogP contribution in [0.2, 0.25) is 0 Å². The van der Waals surface area contributed by atoms with Crippen LogP contribution >= 0.6 is 11.3 Å². The number of carbonyl (C=O) groups excluding carboxylic acids is 1. The van der Waals surface area contributed by atoms with E-state index in [9.17, 15) is 4.79 Å². The minimum Gasteiger partial charge on any atom is -0.493 e. The van der Waals surface area contributed by atoms with Gasteiger partial charge in [0.15, 0.2) is 11.5 Å². The Labute approximate surface area is 150 Å². The molecule has 0 aliphatic heterocycles. The summed E-state index contributed by atoms with van der Waals surface area (Å²) in [5.74, 6) is 0.921. The van der Waals surface area contributed by atoms with Crippen molar-refractivity contribution in [3.63, 3.8) is 0 Å². The smallest absolute Gasteiger partial charge is 0.255 e. The molecule has 0 saturated carbocycles. The van der Waals surface area contributed by atoms with Gasteiger partial charge in [0.1, 0.15) is 0 Å². The summed E-state index contributed by atoms with van der Waals surface area (Å²) in [4.78, 5) is 17.1. The first-order valence-electron chi connectivity index (χ1n) is 8.07. The van der Waals surface area contributed by atoms with Crippen LogP contribution in [-0.2, 0) is 6.42 Å². The Morgan fingerprint density at radius 2 is 1.92 bits per heavy atom. The molecule has 2 aromatic carbocycles. The average molecular weight is 356 g/mol. The number of nitrogens with zero attached hydrogens (tertiary/aromatic N) is 1. The highest BCUT2D eigenvalue weighted by Gasteiger charge is 2.12. The van der Waals surface area contributed by atoms with Gasteiger partial charge in [-0.3, -0.25) is 4.79 Å². The van der Waals surface area contributed by atoms with Gasteiger partial charge in [-0.2, -0.15) is 0 Å². The molecule has 0 aliphatic rings. The largest absolute Gasteiger partial charge is 0.493 e. The van der Waals surface area contributed by atoms with Crippen molar-refractivity contribution < 1.29 is 14.3 Å². The van der Waals surface area contributed by atoms with Gasteiger partial charge in [-0.1, -0.05) is 6.92 Å². The number of rotatable bonds is 6. The molecule has 3 rings (SSSR count). The summed E-state index contributed by atoms with van der Waals surface area (Å²) in [7, 11) is 3.11. The van der Waals surface area contributed by atoms with E-state index in [0.29, 0.717) is 17.1 Å². The molecule has 0 fully saturated rings. The first kappa shape index (κ1) is 17.2. The summed E-state index contributed by atoms with van der Waals surface area (Å²) in [6.45, 7) is 2.14. The molecule has 0 radical (unpaired) electrons. The SMILES string of the molecule is CCCc1nc2ccc(NC(=O)c3ccc(OC)c(OC)c3)cc2s1. The van der Waals surface area contributed by atoms with Gasteiger partial charge in [-0.25, -0.2) is 4.98 Å². The highest BCUT2D eigenvalue weighted by molar-refractivity contribution is 7.18. The highest BCUT2D eigenvalue weighted by atomic mass is 32.1. The lowest BCUT2D eigenvalue weighted by Gasteiger charge is -2.10. The zero-order valence-corrected chi connectivity index (χ0v) is 15.3. The third kappa shape index (κ3) is 3.74. The number of fused-ring (bicyclic) bond motifs is 1. The van der Waals surface area contributed by atoms with E-state index < -0.39 is 0 Å². The number of nitrogens with one attached hydrogen (secondary N) is 1. The van der Waals surface area contributed by atoms with Gasteiger partial charge < -0.3 is 14.8 Å². The molecule has 0 saturated heterocycles. The van der Waals surface area contributed by atoms with Crippen molar-refractivity contribution in [3.8, 4) is 11.5 Å². The summed E-state index contributed by atoms with van der Waals surface area (Å²) >= 11 is 1.67. The van der Waals surface area contributed by atoms with Crippen LogP contribution < -0.4 is 14.8 Å². The van der Waals surface area contributed by atoms with Crippen LogP contribution in [0.1, 0.15) is 28.7 Å². The average Bonchev–Trinajstić information content (AvgIpc) is 3.03. The Morgan fingerprint density at radius 3 is 2.64 bits per heavy atom. The van der Waals surface area contributed by atoms with Crippen LogP contribution in [0.25, 0.3) is 10.2 Å². The number of carbonyl (C=O) groups is 1. The molecule has 0 bridgehead atoms. The van der Waals surface area contributed by atoms with Gasteiger partial charge in [-0.05, 0) is 49.2 Å². The van der Waals surface area contributed by atoms with E-state index in [4.69, 9.17) is 9.47 Å². The van der Waals surface area contributed by atoms with Crippen molar-refractivity contribution in [1.29, 1.82) is 0 Å². The molecule has 25 heavy (non-hydrogen) atoms. The molecule has 5 nitrogen and oxygen atoms in total. The molecule has 0 unspecified atom stereocenters. The van der Waals surface area contributed by atoms with Crippen molar-refractivity contribution in [1.82, 2.24) is 4.98 Å². The molecule has 1 N–H and O–H groups in total. The summed E-state index contributed by atoms with van der Waals surface area (Å²) < 4.78 is 11.5. The number of hydrogen-bond donors (Lipinski definition) is 1. The Hall–Kier alpha value is -2.60. The second-order valence-corrected chi connectivity index (χ2v) is 6.68. The first-order chi connectivity index (χ1) is 12.1. The van der Waals surface area contributed by atoms with Gasteiger partial charge in [0.2, 0.25) is 0 Å². The number of hydrogen-bond acceptors (Lipinski definition) is 5. The first-order valence-corrected chi connectivity index (χ1v) is 8.89. The summed E-state index contributed by atoms with van der Waals surface area (Å²) in [6.07, 6.45) is 2.05. The van der Waals surface area contributed by atoms with Crippen molar-refractivity contribution in [2.24, 2.45) is 0 Å². The highest BCUT2D eigenvalue weighted by Crippen LogP contribution is 2.29. The van der Waals surface area contributed by atoms with Gasteiger partial charge in [0, 0.05) is 11.3 Å². The monoisotopic (exact) mass is 356 g/mol. The van der Waals surface area contributed by atoms with Crippen molar-refractivity contribution in [3.05, 3.63) is 47.0 Å². The topological polar surface area (TPSA) is 60.5 Å². The van der Waals surface area contributed by atoms with Crippen LogP contribution in [0.15, 0.2) is 36.4 Å². The van der Waals surface area contributed by atoms with Gasteiger partial charge in [-0.15, -0.1) is 11.3 Å². The van der Waals surface area contributed by atoms with E-state index in [0.717, 1.165) is 33.8 Å². The fraction of sp³-hybridized carbons (Fsp3) is 0.263. The van der Waals surface area contributed by atoms with E-state index in [2.05, 4.69) is 17.2 Å². The summed E-state index contributed by atoms with van der Waals surface area (Å²) in [5, 5.41) is 4.05. The molecule has 0 aliphatic carbocycles. The van der Waals surface area contributed by atoms with Gasteiger partial charge in [0.05, 0.1) is 29.4 Å². The molecule has 1 aromatic heterocycles. The number of thiazole rings is 1. The molecular weight excluding hydrogens is 336 g/mol. The Bertz CT molecular complexity index is 905. The van der Waals surface area contributed by atoms with E-state index in [1.54, 1.807) is 43.8 Å². The number of aryl methyl sites for hydroxylation is 1. The van der Waals surface area contributed by atoms with Crippen molar-refractivity contribution in [2.45, 2.75) is 19.8 Å². The van der Waals surface area contributed by atoms with Crippen LogP contribution in [0.5, 0.6) is 11.5 Å². The minimum absolute atomic E-state index is 0.196. The fourth-order valence-corrected chi connectivity index (χ4v) is 3.66. The lowest BCUT2D eigenvalue weighted by atomic mass is 10.2. The third-order valence-electron chi connectivity index (χ3n) is 3.80. The van der Waals surface area contributed by atoms with Gasteiger partial charge in [0.25, 0.3) is 5.91 Å². The molecule has 3 aromatic rings. The number of anilines is 1. The molecule has 130 valence electrons. The normalized spacial score (nSPS) is 10.7. The molecule has 1 heterocycles. The van der Waals surface area contributed by atoms with Crippen molar-refractivity contribution in [2.75, 3.05) is 19.5 Å². The predicted molar refractivity (Wildman–Crippen MR) is 101 cm³/mol. The maximum absolute atomic E-state index is 12.5.